The zero-order valence-corrected chi connectivity index (χ0v) is 13.1. The third-order valence-electron chi connectivity index (χ3n) is 4.73. The van der Waals surface area contributed by atoms with Crippen molar-refractivity contribution >= 4 is 11.2 Å². The summed E-state index contributed by atoms with van der Waals surface area (Å²) in [5.74, 6) is 1.34. The molecule has 23 heavy (non-hydrogen) atoms. The van der Waals surface area contributed by atoms with Gasteiger partial charge in [0.05, 0.1) is 12.0 Å². The first kappa shape index (κ1) is 14.3. The van der Waals surface area contributed by atoms with Gasteiger partial charge in [-0.05, 0) is 31.2 Å². The average Bonchev–Trinajstić information content (AvgIpc) is 3.05. The molecule has 4 rings (SSSR count). The Labute approximate surface area is 135 Å². The molecule has 0 bridgehead atoms. The second-order valence-electron chi connectivity index (χ2n) is 6.40. The van der Waals surface area contributed by atoms with Gasteiger partial charge in [-0.2, -0.15) is 0 Å². The lowest BCUT2D eigenvalue weighted by Crippen LogP contribution is -2.26. The first-order chi connectivity index (χ1) is 11.3. The number of H-pyrrole nitrogens is 1. The molecule has 1 fully saturated rings. The minimum Gasteiger partial charge on any atom is -0.342 e. The fraction of sp³-hybridized carbons (Fsp3) is 0.389. The number of nitrogens with two attached hydrogens (primary N) is 1. The van der Waals surface area contributed by atoms with Gasteiger partial charge in [-0.1, -0.05) is 30.3 Å². The van der Waals surface area contributed by atoms with Crippen molar-refractivity contribution in [2.75, 3.05) is 0 Å². The van der Waals surface area contributed by atoms with Crippen LogP contribution in [0.4, 0.5) is 0 Å². The van der Waals surface area contributed by atoms with Crippen LogP contribution in [0.5, 0.6) is 0 Å². The number of hydrogen-bond donors (Lipinski definition) is 2. The molecule has 3 N–H and O–H groups in total. The van der Waals surface area contributed by atoms with Gasteiger partial charge in [0.1, 0.15) is 11.3 Å². The van der Waals surface area contributed by atoms with Gasteiger partial charge in [0.25, 0.3) is 0 Å². The van der Waals surface area contributed by atoms with Crippen LogP contribution in [0.15, 0.2) is 36.7 Å². The summed E-state index contributed by atoms with van der Waals surface area (Å²) < 4.78 is 0. The average molecular weight is 307 g/mol. The minimum absolute atomic E-state index is 0.337. The number of fused-ring (bicyclic) bond motifs is 1. The van der Waals surface area contributed by atoms with E-state index in [9.17, 15) is 0 Å². The van der Waals surface area contributed by atoms with E-state index < -0.39 is 0 Å². The largest absolute Gasteiger partial charge is 0.342 e. The smallest absolute Gasteiger partial charge is 0.181 e. The molecule has 1 saturated carbocycles. The minimum atomic E-state index is 0.337. The molecule has 2 heterocycles. The van der Waals surface area contributed by atoms with E-state index in [1.54, 1.807) is 6.33 Å². The van der Waals surface area contributed by atoms with Crippen molar-refractivity contribution in [1.29, 1.82) is 0 Å². The molecule has 5 nitrogen and oxygen atoms in total. The molecule has 118 valence electrons. The zero-order chi connectivity index (χ0) is 15.6. The van der Waals surface area contributed by atoms with Gasteiger partial charge >= 0.3 is 0 Å². The lowest BCUT2D eigenvalue weighted by molar-refractivity contribution is 0.385. The molecule has 5 heteroatoms. The highest BCUT2D eigenvalue weighted by Gasteiger charge is 2.23. The number of imidazole rings is 1. The van der Waals surface area contributed by atoms with E-state index >= 15 is 0 Å². The topological polar surface area (TPSA) is 80.5 Å². The Balaban J connectivity index is 1.70. The lowest BCUT2D eigenvalue weighted by atomic mass is 9.86. The monoisotopic (exact) mass is 307 g/mol. The highest BCUT2D eigenvalue weighted by atomic mass is 15.0. The van der Waals surface area contributed by atoms with Crippen LogP contribution in [0, 0.1) is 0 Å². The van der Waals surface area contributed by atoms with Gasteiger partial charge in [-0.3, -0.25) is 0 Å². The maximum absolute atomic E-state index is 6.02. The second-order valence-corrected chi connectivity index (χ2v) is 6.40. The number of hydrogen-bond acceptors (Lipinski definition) is 4. The first-order valence-corrected chi connectivity index (χ1v) is 8.29. The van der Waals surface area contributed by atoms with E-state index in [0.717, 1.165) is 54.8 Å². The van der Waals surface area contributed by atoms with Crippen LogP contribution in [-0.2, 0) is 6.42 Å². The third kappa shape index (κ3) is 2.97. The van der Waals surface area contributed by atoms with Crippen molar-refractivity contribution in [3.05, 3.63) is 53.7 Å². The normalized spacial score (nSPS) is 21.6. The molecule has 0 unspecified atom stereocenters. The summed E-state index contributed by atoms with van der Waals surface area (Å²) >= 11 is 0. The van der Waals surface area contributed by atoms with Crippen molar-refractivity contribution in [3.8, 4) is 0 Å². The standard InChI is InChI=1S/C18H21N5/c19-14-8-6-13(7-9-14)17-22-15(10-12-4-2-1-3-5-12)16-18(23-17)21-11-20-16/h1-5,11,13-14H,6-10,19H2,(H,20,21,22,23). The van der Waals surface area contributed by atoms with Crippen LogP contribution in [0.2, 0.25) is 0 Å². The van der Waals surface area contributed by atoms with Gasteiger partial charge in [0, 0.05) is 18.4 Å². The van der Waals surface area contributed by atoms with Gasteiger partial charge < -0.3 is 10.7 Å². The fourth-order valence-electron chi connectivity index (χ4n) is 3.39. The molecule has 1 aliphatic carbocycles. The van der Waals surface area contributed by atoms with E-state index in [1.807, 2.05) is 6.07 Å². The maximum atomic E-state index is 6.02. The molecule has 1 aromatic carbocycles. The van der Waals surface area contributed by atoms with E-state index in [2.05, 4.69) is 34.2 Å². The van der Waals surface area contributed by atoms with Crippen LogP contribution in [0.3, 0.4) is 0 Å². The summed E-state index contributed by atoms with van der Waals surface area (Å²) in [6.07, 6.45) is 6.75. The Bertz CT molecular complexity index is 788. The number of aromatic nitrogens is 4. The van der Waals surface area contributed by atoms with Crippen molar-refractivity contribution in [3.63, 3.8) is 0 Å². The van der Waals surface area contributed by atoms with Crippen LogP contribution in [-0.4, -0.2) is 26.0 Å². The van der Waals surface area contributed by atoms with E-state index in [-0.39, 0.29) is 0 Å². The number of benzene rings is 1. The summed E-state index contributed by atoms with van der Waals surface area (Å²) in [6, 6.07) is 10.7. The summed E-state index contributed by atoms with van der Waals surface area (Å²) in [5.41, 5.74) is 10.0. The van der Waals surface area contributed by atoms with Crippen LogP contribution in [0.1, 0.15) is 48.7 Å². The molecule has 0 atom stereocenters. The first-order valence-electron chi connectivity index (χ1n) is 8.29. The molecular formula is C18H21N5. The van der Waals surface area contributed by atoms with Crippen LogP contribution >= 0.6 is 0 Å². The second kappa shape index (κ2) is 6.08. The number of nitrogens with zero attached hydrogens (tertiary/aromatic N) is 3. The Hall–Kier alpha value is -2.27. The Morgan fingerprint density at radius 3 is 2.61 bits per heavy atom. The molecule has 1 aliphatic rings. The molecule has 0 saturated heterocycles. The van der Waals surface area contributed by atoms with Crippen LogP contribution < -0.4 is 5.73 Å². The van der Waals surface area contributed by atoms with Crippen molar-refractivity contribution in [1.82, 2.24) is 19.9 Å². The molecule has 0 radical (unpaired) electrons. The predicted octanol–water partition coefficient (Wildman–Crippen LogP) is 2.93. The van der Waals surface area contributed by atoms with Gasteiger partial charge in [0.2, 0.25) is 0 Å². The van der Waals surface area contributed by atoms with Gasteiger partial charge in [0.15, 0.2) is 5.65 Å². The van der Waals surface area contributed by atoms with Gasteiger partial charge in [-0.15, -0.1) is 0 Å². The third-order valence-corrected chi connectivity index (χ3v) is 4.73. The highest BCUT2D eigenvalue weighted by molar-refractivity contribution is 5.73. The lowest BCUT2D eigenvalue weighted by Gasteiger charge is -2.25. The zero-order valence-electron chi connectivity index (χ0n) is 13.1. The quantitative estimate of drug-likeness (QED) is 0.779. The fourth-order valence-corrected chi connectivity index (χ4v) is 3.39. The van der Waals surface area contributed by atoms with Gasteiger partial charge in [-0.25, -0.2) is 15.0 Å². The summed E-state index contributed by atoms with van der Waals surface area (Å²) in [5, 5.41) is 0. The molecule has 3 aromatic rings. The Kier molecular flexibility index (Phi) is 3.79. The number of aromatic amines is 1. The molecule has 0 amide bonds. The van der Waals surface area contributed by atoms with E-state index in [0.29, 0.717) is 12.0 Å². The summed E-state index contributed by atoms with van der Waals surface area (Å²) in [4.78, 5) is 17.1. The number of rotatable bonds is 3. The summed E-state index contributed by atoms with van der Waals surface area (Å²) in [6.45, 7) is 0. The van der Waals surface area contributed by atoms with E-state index in [4.69, 9.17) is 15.7 Å². The Morgan fingerprint density at radius 2 is 1.83 bits per heavy atom. The SMILES string of the molecule is NC1CCC(c2nc(Cc3ccccc3)c3[nH]cnc3n2)CC1. The number of nitrogens with one attached hydrogen (secondary N) is 1. The predicted molar refractivity (Wildman–Crippen MR) is 90.1 cm³/mol. The summed E-state index contributed by atoms with van der Waals surface area (Å²) in [7, 11) is 0. The molecule has 0 spiro atoms. The van der Waals surface area contributed by atoms with Crippen molar-refractivity contribution in [2.45, 2.75) is 44.1 Å². The molecule has 2 aromatic heterocycles. The Morgan fingerprint density at radius 1 is 1.04 bits per heavy atom. The molecular weight excluding hydrogens is 286 g/mol. The maximum Gasteiger partial charge on any atom is 0.181 e. The molecule has 0 aliphatic heterocycles. The van der Waals surface area contributed by atoms with Crippen molar-refractivity contribution in [2.24, 2.45) is 5.73 Å². The van der Waals surface area contributed by atoms with Crippen molar-refractivity contribution < 1.29 is 0 Å². The highest BCUT2D eigenvalue weighted by Crippen LogP contribution is 2.31. The van der Waals surface area contributed by atoms with E-state index in [1.165, 1.54) is 5.56 Å². The van der Waals surface area contributed by atoms with Crippen LogP contribution in [0.25, 0.3) is 11.2 Å².